The molecule has 2 aromatic rings. The van der Waals surface area contributed by atoms with Crippen LogP contribution in [0.5, 0.6) is 11.5 Å². The van der Waals surface area contributed by atoms with Crippen molar-refractivity contribution in [3.63, 3.8) is 0 Å². The third kappa shape index (κ3) is 3.46. The molecule has 1 aromatic carbocycles. The van der Waals surface area contributed by atoms with E-state index in [1.807, 2.05) is 18.2 Å². The van der Waals surface area contributed by atoms with Gasteiger partial charge in [-0.2, -0.15) is 0 Å². The highest BCUT2D eigenvalue weighted by Gasteiger charge is 2.06. The summed E-state index contributed by atoms with van der Waals surface area (Å²) in [5.41, 5.74) is 0. The molecule has 1 atom stereocenters. The SMILES string of the molecule is COc1cccc(OCC(O)Cn2cnnc2)c1. The van der Waals surface area contributed by atoms with E-state index in [2.05, 4.69) is 10.2 Å². The molecule has 2 rings (SSSR count). The highest BCUT2D eigenvalue weighted by Crippen LogP contribution is 2.18. The first-order valence-corrected chi connectivity index (χ1v) is 5.55. The maximum atomic E-state index is 9.78. The molecule has 0 amide bonds. The van der Waals surface area contributed by atoms with Crippen LogP contribution in [0.4, 0.5) is 0 Å². The van der Waals surface area contributed by atoms with Crippen molar-refractivity contribution >= 4 is 0 Å². The first-order valence-electron chi connectivity index (χ1n) is 5.55. The Bertz CT molecular complexity index is 473. The predicted octanol–water partition coefficient (Wildman–Crippen LogP) is 0.727. The molecule has 0 saturated heterocycles. The van der Waals surface area contributed by atoms with Crippen molar-refractivity contribution in [3.05, 3.63) is 36.9 Å². The van der Waals surface area contributed by atoms with Crippen molar-refractivity contribution < 1.29 is 14.6 Å². The van der Waals surface area contributed by atoms with Crippen LogP contribution in [0.15, 0.2) is 36.9 Å². The van der Waals surface area contributed by atoms with E-state index in [1.165, 1.54) is 0 Å². The van der Waals surface area contributed by atoms with Gasteiger partial charge in [0.05, 0.1) is 13.7 Å². The number of aliphatic hydroxyl groups excluding tert-OH is 1. The lowest BCUT2D eigenvalue weighted by Crippen LogP contribution is -2.23. The van der Waals surface area contributed by atoms with Gasteiger partial charge >= 0.3 is 0 Å². The molecule has 0 radical (unpaired) electrons. The van der Waals surface area contributed by atoms with E-state index in [1.54, 1.807) is 30.4 Å². The summed E-state index contributed by atoms with van der Waals surface area (Å²) in [4.78, 5) is 0. The summed E-state index contributed by atoms with van der Waals surface area (Å²) in [5.74, 6) is 1.39. The van der Waals surface area contributed by atoms with Gasteiger partial charge in [0.15, 0.2) is 0 Å². The summed E-state index contributed by atoms with van der Waals surface area (Å²) in [6.07, 6.45) is 2.48. The monoisotopic (exact) mass is 249 g/mol. The molecule has 0 saturated carbocycles. The average molecular weight is 249 g/mol. The number of hydrogen-bond donors (Lipinski definition) is 1. The standard InChI is InChI=1S/C12H15N3O3/c1-17-11-3-2-4-12(5-11)18-7-10(16)6-15-8-13-14-9-15/h2-5,8-10,16H,6-7H2,1H3. The Hall–Kier alpha value is -2.08. The topological polar surface area (TPSA) is 69.4 Å². The second-order valence-corrected chi connectivity index (χ2v) is 3.80. The Morgan fingerprint density at radius 1 is 1.28 bits per heavy atom. The van der Waals surface area contributed by atoms with Crippen molar-refractivity contribution in [2.24, 2.45) is 0 Å². The van der Waals surface area contributed by atoms with Gasteiger partial charge in [-0.25, -0.2) is 0 Å². The van der Waals surface area contributed by atoms with Gasteiger partial charge in [0, 0.05) is 6.07 Å². The summed E-state index contributed by atoms with van der Waals surface area (Å²) >= 11 is 0. The molecule has 1 N–H and O–H groups in total. The molecule has 96 valence electrons. The van der Waals surface area contributed by atoms with Gasteiger partial charge in [0.1, 0.15) is 36.9 Å². The van der Waals surface area contributed by atoms with Crippen LogP contribution in [0, 0.1) is 0 Å². The number of methoxy groups -OCH3 is 1. The van der Waals surface area contributed by atoms with E-state index >= 15 is 0 Å². The molecule has 0 spiro atoms. The van der Waals surface area contributed by atoms with Gasteiger partial charge in [0.25, 0.3) is 0 Å². The van der Waals surface area contributed by atoms with Crippen LogP contribution < -0.4 is 9.47 Å². The van der Waals surface area contributed by atoms with Crippen LogP contribution in [-0.4, -0.2) is 39.7 Å². The number of nitrogens with zero attached hydrogens (tertiary/aromatic N) is 3. The summed E-state index contributed by atoms with van der Waals surface area (Å²) in [6.45, 7) is 0.600. The molecule has 0 bridgehead atoms. The van der Waals surface area contributed by atoms with E-state index in [0.29, 0.717) is 12.3 Å². The lowest BCUT2D eigenvalue weighted by Gasteiger charge is -2.12. The van der Waals surface area contributed by atoms with Crippen molar-refractivity contribution in [1.82, 2.24) is 14.8 Å². The molecule has 18 heavy (non-hydrogen) atoms. The van der Waals surface area contributed by atoms with E-state index < -0.39 is 6.10 Å². The average Bonchev–Trinajstić information content (AvgIpc) is 2.89. The smallest absolute Gasteiger partial charge is 0.123 e. The molecular weight excluding hydrogens is 234 g/mol. The van der Waals surface area contributed by atoms with Crippen molar-refractivity contribution in [2.75, 3.05) is 13.7 Å². The molecule has 0 fully saturated rings. The van der Waals surface area contributed by atoms with Crippen molar-refractivity contribution in [3.8, 4) is 11.5 Å². The number of hydrogen-bond acceptors (Lipinski definition) is 5. The van der Waals surface area contributed by atoms with E-state index in [-0.39, 0.29) is 6.61 Å². The van der Waals surface area contributed by atoms with E-state index in [4.69, 9.17) is 9.47 Å². The molecular formula is C12H15N3O3. The van der Waals surface area contributed by atoms with Crippen LogP contribution >= 0.6 is 0 Å². The molecule has 0 aliphatic heterocycles. The molecule has 6 nitrogen and oxygen atoms in total. The van der Waals surface area contributed by atoms with E-state index in [9.17, 15) is 5.11 Å². The van der Waals surface area contributed by atoms with Gasteiger partial charge in [-0.1, -0.05) is 6.07 Å². The Kier molecular flexibility index (Phi) is 4.14. The Labute approximate surface area is 105 Å². The highest BCUT2D eigenvalue weighted by molar-refractivity contribution is 5.32. The number of rotatable bonds is 6. The van der Waals surface area contributed by atoms with Crippen LogP contribution in [0.2, 0.25) is 0 Å². The normalized spacial score (nSPS) is 12.1. The van der Waals surface area contributed by atoms with Crippen LogP contribution in [0.25, 0.3) is 0 Å². The first kappa shape index (κ1) is 12.4. The second kappa shape index (κ2) is 6.02. The zero-order valence-corrected chi connectivity index (χ0v) is 10.1. The first-order chi connectivity index (χ1) is 8.78. The fourth-order valence-corrected chi connectivity index (χ4v) is 1.50. The number of ether oxygens (including phenoxy) is 2. The van der Waals surface area contributed by atoms with E-state index in [0.717, 1.165) is 5.75 Å². The summed E-state index contributed by atoms with van der Waals surface area (Å²) in [6, 6.07) is 7.25. The van der Waals surface area contributed by atoms with Gasteiger partial charge in [-0.15, -0.1) is 10.2 Å². The number of aromatic nitrogens is 3. The summed E-state index contributed by atoms with van der Waals surface area (Å²) < 4.78 is 12.3. The maximum Gasteiger partial charge on any atom is 0.123 e. The third-order valence-electron chi connectivity index (χ3n) is 2.37. The highest BCUT2D eigenvalue weighted by atomic mass is 16.5. The van der Waals surface area contributed by atoms with Crippen LogP contribution in [-0.2, 0) is 6.54 Å². The summed E-state index contributed by atoms with van der Waals surface area (Å²) in [5, 5.41) is 17.1. The molecule has 6 heteroatoms. The molecule has 1 unspecified atom stereocenters. The predicted molar refractivity (Wildman–Crippen MR) is 64.5 cm³/mol. The van der Waals surface area contributed by atoms with Crippen molar-refractivity contribution in [2.45, 2.75) is 12.6 Å². The fourth-order valence-electron chi connectivity index (χ4n) is 1.50. The zero-order valence-electron chi connectivity index (χ0n) is 10.1. The van der Waals surface area contributed by atoms with Crippen molar-refractivity contribution in [1.29, 1.82) is 0 Å². The fraction of sp³-hybridized carbons (Fsp3) is 0.333. The Morgan fingerprint density at radius 3 is 2.72 bits per heavy atom. The molecule has 1 heterocycles. The molecule has 0 aliphatic rings. The molecule has 1 aromatic heterocycles. The lowest BCUT2D eigenvalue weighted by molar-refractivity contribution is 0.0922. The molecule has 0 aliphatic carbocycles. The minimum atomic E-state index is -0.618. The van der Waals surface area contributed by atoms with Gasteiger partial charge < -0.3 is 19.1 Å². The number of aliphatic hydroxyl groups is 1. The quantitative estimate of drug-likeness (QED) is 0.817. The Balaban J connectivity index is 1.83. The Morgan fingerprint density at radius 2 is 2.00 bits per heavy atom. The third-order valence-corrected chi connectivity index (χ3v) is 2.37. The van der Waals surface area contributed by atoms with Crippen LogP contribution in [0.3, 0.4) is 0 Å². The zero-order chi connectivity index (χ0) is 12.8. The van der Waals surface area contributed by atoms with Crippen LogP contribution in [0.1, 0.15) is 0 Å². The van der Waals surface area contributed by atoms with Gasteiger partial charge in [0.2, 0.25) is 0 Å². The number of benzene rings is 1. The minimum Gasteiger partial charge on any atom is -0.497 e. The minimum absolute atomic E-state index is 0.200. The second-order valence-electron chi connectivity index (χ2n) is 3.80. The largest absolute Gasteiger partial charge is 0.497 e. The maximum absolute atomic E-state index is 9.78. The van der Waals surface area contributed by atoms with Gasteiger partial charge in [-0.3, -0.25) is 0 Å². The van der Waals surface area contributed by atoms with Gasteiger partial charge in [-0.05, 0) is 12.1 Å². The summed E-state index contributed by atoms with van der Waals surface area (Å²) in [7, 11) is 1.60. The lowest BCUT2D eigenvalue weighted by atomic mass is 10.3.